The molecule has 164 valence electrons. The van der Waals surface area contributed by atoms with Crippen LogP contribution >= 0.6 is 11.3 Å². The summed E-state index contributed by atoms with van der Waals surface area (Å²) in [6.07, 6.45) is 0.237. The van der Waals surface area contributed by atoms with E-state index in [1.807, 2.05) is 67.6 Å². The van der Waals surface area contributed by atoms with Gasteiger partial charge in [-0.05, 0) is 50.2 Å². The first-order chi connectivity index (χ1) is 15.4. The van der Waals surface area contributed by atoms with Gasteiger partial charge in [-0.1, -0.05) is 24.3 Å². The van der Waals surface area contributed by atoms with Crippen molar-refractivity contribution in [3.05, 3.63) is 85.9 Å². The lowest BCUT2D eigenvalue weighted by atomic mass is 10.1. The van der Waals surface area contributed by atoms with Gasteiger partial charge in [-0.3, -0.25) is 14.5 Å². The number of aromatic nitrogens is 3. The Balaban J connectivity index is 1.36. The van der Waals surface area contributed by atoms with Gasteiger partial charge >= 0.3 is 0 Å². The molecule has 7 nitrogen and oxygen atoms in total. The van der Waals surface area contributed by atoms with Crippen LogP contribution in [0.2, 0.25) is 0 Å². The lowest BCUT2D eigenvalue weighted by Crippen LogP contribution is -2.22. The Morgan fingerprint density at radius 3 is 2.78 bits per heavy atom. The molecule has 8 heteroatoms. The summed E-state index contributed by atoms with van der Waals surface area (Å²) in [4.78, 5) is 38.7. The third-order valence-electron chi connectivity index (χ3n) is 5.09. The standard InChI is InChI=1S/C24H25N5O2S/c1-15-8-9-16(2)20(10-15)27-22(30)11-23-25-17(14-32-23)12-29(3)13-21-26-19-7-5-4-6-18(19)24(31)28-21/h4-10,14H,11-13H2,1-3H3,(H,27,30)(H,26,28,31). The quantitative estimate of drug-likeness (QED) is 0.450. The summed E-state index contributed by atoms with van der Waals surface area (Å²) in [5.74, 6) is 0.533. The van der Waals surface area contributed by atoms with Crippen molar-refractivity contribution in [1.29, 1.82) is 0 Å². The van der Waals surface area contributed by atoms with E-state index in [2.05, 4.69) is 20.3 Å². The molecule has 4 aromatic rings. The van der Waals surface area contributed by atoms with E-state index in [1.165, 1.54) is 11.3 Å². The molecule has 0 aliphatic heterocycles. The lowest BCUT2D eigenvalue weighted by molar-refractivity contribution is -0.115. The van der Waals surface area contributed by atoms with Crippen LogP contribution in [0.4, 0.5) is 5.69 Å². The maximum Gasteiger partial charge on any atom is 0.258 e. The first-order valence-corrected chi connectivity index (χ1v) is 11.2. The molecule has 2 heterocycles. The summed E-state index contributed by atoms with van der Waals surface area (Å²) >= 11 is 1.48. The predicted octanol–water partition coefficient (Wildman–Crippen LogP) is 3.81. The third kappa shape index (κ3) is 5.27. The number of anilines is 1. The van der Waals surface area contributed by atoms with Crippen molar-refractivity contribution < 1.29 is 4.79 Å². The van der Waals surface area contributed by atoms with Crippen LogP contribution < -0.4 is 10.9 Å². The van der Waals surface area contributed by atoms with Crippen LogP contribution in [-0.4, -0.2) is 32.8 Å². The van der Waals surface area contributed by atoms with E-state index >= 15 is 0 Å². The van der Waals surface area contributed by atoms with E-state index in [9.17, 15) is 9.59 Å². The van der Waals surface area contributed by atoms with E-state index in [1.54, 1.807) is 6.07 Å². The second kappa shape index (κ2) is 9.42. The van der Waals surface area contributed by atoms with E-state index in [0.717, 1.165) is 27.5 Å². The van der Waals surface area contributed by atoms with E-state index in [-0.39, 0.29) is 17.9 Å². The highest BCUT2D eigenvalue weighted by Crippen LogP contribution is 2.18. The summed E-state index contributed by atoms with van der Waals surface area (Å²) in [5, 5.41) is 6.30. The number of aryl methyl sites for hydroxylation is 2. The van der Waals surface area contributed by atoms with Gasteiger partial charge in [0.1, 0.15) is 10.8 Å². The van der Waals surface area contributed by atoms with Crippen LogP contribution in [0.15, 0.2) is 52.6 Å². The van der Waals surface area contributed by atoms with Gasteiger partial charge in [0.15, 0.2) is 0 Å². The molecule has 0 spiro atoms. The van der Waals surface area contributed by atoms with Gasteiger partial charge in [0.25, 0.3) is 5.56 Å². The second-order valence-electron chi connectivity index (χ2n) is 7.98. The highest BCUT2D eigenvalue weighted by Gasteiger charge is 2.12. The van der Waals surface area contributed by atoms with Crippen LogP contribution in [0.5, 0.6) is 0 Å². The number of carbonyl (C=O) groups excluding carboxylic acids is 1. The largest absolute Gasteiger partial charge is 0.325 e. The fraction of sp³-hybridized carbons (Fsp3) is 0.250. The highest BCUT2D eigenvalue weighted by atomic mass is 32.1. The Morgan fingerprint density at radius 2 is 1.94 bits per heavy atom. The summed E-state index contributed by atoms with van der Waals surface area (Å²) in [7, 11) is 1.95. The minimum absolute atomic E-state index is 0.0779. The van der Waals surface area contributed by atoms with E-state index < -0.39 is 0 Å². The zero-order valence-electron chi connectivity index (χ0n) is 18.3. The van der Waals surface area contributed by atoms with Crippen molar-refractivity contribution in [1.82, 2.24) is 19.9 Å². The number of fused-ring (bicyclic) bond motifs is 1. The Labute approximate surface area is 190 Å². The van der Waals surface area contributed by atoms with Crippen LogP contribution in [-0.2, 0) is 24.3 Å². The molecular weight excluding hydrogens is 422 g/mol. The Hall–Kier alpha value is -3.36. The molecule has 0 aliphatic carbocycles. The average molecular weight is 448 g/mol. The van der Waals surface area contributed by atoms with Gasteiger partial charge in [0.2, 0.25) is 5.91 Å². The SMILES string of the molecule is Cc1ccc(C)c(NC(=O)Cc2nc(CN(C)Cc3nc4ccccc4c(=O)[nH]3)cs2)c1. The number of hydrogen-bond donors (Lipinski definition) is 2. The molecular formula is C24H25N5O2S. The van der Waals surface area contributed by atoms with Gasteiger partial charge in [0, 0.05) is 17.6 Å². The molecule has 0 unspecified atom stereocenters. The molecule has 0 radical (unpaired) electrons. The molecule has 32 heavy (non-hydrogen) atoms. The first-order valence-electron chi connectivity index (χ1n) is 10.3. The number of amides is 1. The van der Waals surface area contributed by atoms with Gasteiger partial charge in [-0.2, -0.15) is 0 Å². The maximum absolute atomic E-state index is 12.5. The Bertz CT molecular complexity index is 1330. The summed E-state index contributed by atoms with van der Waals surface area (Å²) in [6.45, 7) is 5.05. The Morgan fingerprint density at radius 1 is 1.12 bits per heavy atom. The summed E-state index contributed by atoms with van der Waals surface area (Å²) in [6, 6.07) is 13.3. The van der Waals surface area contributed by atoms with Crippen LogP contribution in [0, 0.1) is 13.8 Å². The first kappa shape index (κ1) is 21.9. The minimum atomic E-state index is -0.134. The van der Waals surface area contributed by atoms with Gasteiger partial charge in [-0.15, -0.1) is 11.3 Å². The number of nitrogens with zero attached hydrogens (tertiary/aromatic N) is 3. The number of para-hydroxylation sites is 1. The van der Waals surface area contributed by atoms with Crippen LogP contribution in [0.25, 0.3) is 10.9 Å². The number of rotatable bonds is 7. The highest BCUT2D eigenvalue weighted by molar-refractivity contribution is 7.09. The van der Waals surface area contributed by atoms with Crippen molar-refractivity contribution in [2.24, 2.45) is 0 Å². The monoisotopic (exact) mass is 447 g/mol. The van der Waals surface area contributed by atoms with Crippen molar-refractivity contribution in [3.8, 4) is 0 Å². The summed E-state index contributed by atoms with van der Waals surface area (Å²) < 4.78 is 0. The number of benzene rings is 2. The van der Waals surface area contributed by atoms with Gasteiger partial charge < -0.3 is 10.3 Å². The average Bonchev–Trinajstić information content (AvgIpc) is 3.17. The molecule has 0 bridgehead atoms. The predicted molar refractivity (Wildman–Crippen MR) is 128 cm³/mol. The van der Waals surface area contributed by atoms with Crippen LogP contribution in [0.3, 0.4) is 0 Å². The number of hydrogen-bond acceptors (Lipinski definition) is 6. The molecule has 0 atom stereocenters. The van der Waals surface area contributed by atoms with E-state index in [0.29, 0.717) is 29.8 Å². The number of aromatic amines is 1. The smallest absolute Gasteiger partial charge is 0.258 e. The zero-order valence-corrected chi connectivity index (χ0v) is 19.1. The Kier molecular flexibility index (Phi) is 6.43. The lowest BCUT2D eigenvalue weighted by Gasteiger charge is -2.14. The summed E-state index contributed by atoms with van der Waals surface area (Å²) in [5.41, 5.74) is 4.41. The third-order valence-corrected chi connectivity index (χ3v) is 5.99. The fourth-order valence-electron chi connectivity index (χ4n) is 3.50. The van der Waals surface area contributed by atoms with Crippen molar-refractivity contribution in [3.63, 3.8) is 0 Å². The van der Waals surface area contributed by atoms with Crippen molar-refractivity contribution >= 4 is 33.8 Å². The zero-order chi connectivity index (χ0) is 22.7. The van der Waals surface area contributed by atoms with Gasteiger partial charge in [-0.25, -0.2) is 9.97 Å². The number of thiazole rings is 1. The topological polar surface area (TPSA) is 91.0 Å². The fourth-order valence-corrected chi connectivity index (χ4v) is 4.29. The van der Waals surface area contributed by atoms with E-state index in [4.69, 9.17) is 0 Å². The molecule has 0 fully saturated rings. The van der Waals surface area contributed by atoms with Gasteiger partial charge in [0.05, 0.1) is 29.6 Å². The number of H-pyrrole nitrogens is 1. The molecule has 0 saturated heterocycles. The molecule has 2 aromatic heterocycles. The number of nitrogens with one attached hydrogen (secondary N) is 2. The van der Waals surface area contributed by atoms with Crippen LogP contribution in [0.1, 0.15) is 27.7 Å². The van der Waals surface area contributed by atoms with Crippen molar-refractivity contribution in [2.45, 2.75) is 33.4 Å². The minimum Gasteiger partial charge on any atom is -0.325 e. The molecule has 1 amide bonds. The second-order valence-corrected chi connectivity index (χ2v) is 8.92. The molecule has 0 saturated carbocycles. The maximum atomic E-state index is 12.5. The normalized spacial score (nSPS) is 11.2. The molecule has 2 aromatic carbocycles. The molecule has 0 aliphatic rings. The van der Waals surface area contributed by atoms with Crippen molar-refractivity contribution in [2.75, 3.05) is 12.4 Å². The number of carbonyl (C=O) groups is 1. The molecule has 2 N–H and O–H groups in total. The molecule has 4 rings (SSSR count).